The van der Waals surface area contributed by atoms with Crippen LogP contribution in [0.15, 0.2) is 24.3 Å². The van der Waals surface area contributed by atoms with Crippen LogP contribution in [0.2, 0.25) is 0 Å². The number of carbonyl (C=O) groups is 1. The number of ether oxygens (including phenoxy) is 2. The van der Waals surface area contributed by atoms with Crippen LogP contribution >= 0.6 is 0 Å². The highest BCUT2D eigenvalue weighted by Crippen LogP contribution is 2.48. The highest BCUT2D eigenvalue weighted by atomic mass is 19.1. The number of carbonyl (C=O) groups excluding carboxylic acids is 1. The van der Waals surface area contributed by atoms with E-state index in [1.54, 1.807) is 4.90 Å². The number of pyridine rings is 1. The van der Waals surface area contributed by atoms with Crippen molar-refractivity contribution in [3.05, 3.63) is 41.5 Å². The van der Waals surface area contributed by atoms with E-state index in [4.69, 9.17) is 20.9 Å². The molecule has 15 heteroatoms. The zero-order valence-corrected chi connectivity index (χ0v) is 31.9. The lowest BCUT2D eigenvalue weighted by molar-refractivity contribution is 0.107. The van der Waals surface area contributed by atoms with Gasteiger partial charge in [-0.2, -0.15) is 9.97 Å². The molecule has 4 aromatic rings. The Labute approximate surface area is 323 Å². The van der Waals surface area contributed by atoms with Crippen molar-refractivity contribution in [1.29, 1.82) is 0 Å². The summed E-state index contributed by atoms with van der Waals surface area (Å²) in [5.41, 5.74) is -0.736. The van der Waals surface area contributed by atoms with Crippen molar-refractivity contribution in [3.63, 3.8) is 0 Å². The maximum absolute atomic E-state index is 17.4. The molecule has 2 aliphatic heterocycles. The number of rotatable bonds is 12. The molecule has 7 rings (SSSR count). The lowest BCUT2D eigenvalue weighted by atomic mass is 9.95. The Morgan fingerprint density at radius 3 is 2.41 bits per heavy atom. The van der Waals surface area contributed by atoms with Gasteiger partial charge < -0.3 is 34.6 Å². The molecular weight excluding hydrogens is 730 g/mol. The number of aromatic hydroxyl groups is 1. The number of nitrogens with zero attached hydrogens (tertiary/aromatic N) is 6. The number of amides is 2. The van der Waals surface area contributed by atoms with Gasteiger partial charge in [-0.3, -0.25) is 0 Å². The number of urea groups is 1. The Kier molecular flexibility index (Phi) is 11.3. The molecule has 56 heavy (non-hydrogen) atoms. The first-order chi connectivity index (χ1) is 27.0. The molecule has 0 radical (unpaired) electrons. The number of hydrogen-bond donors (Lipinski definition) is 2. The first-order valence-corrected chi connectivity index (χ1v) is 19.3. The van der Waals surface area contributed by atoms with Gasteiger partial charge in [0.05, 0.1) is 31.4 Å². The van der Waals surface area contributed by atoms with Crippen LogP contribution in [0, 0.1) is 29.4 Å². The number of phenols is 1. The fourth-order valence-corrected chi connectivity index (χ4v) is 8.21. The number of piperazine rings is 1. The van der Waals surface area contributed by atoms with E-state index in [9.17, 15) is 18.7 Å². The average molecular weight is 778 g/mol. The number of piperidine rings is 1. The summed E-state index contributed by atoms with van der Waals surface area (Å²) < 4.78 is 71.5. The van der Waals surface area contributed by atoms with Gasteiger partial charge in [0.1, 0.15) is 46.8 Å². The Bertz CT molecular complexity index is 2140. The standard InChI is InChI=1S/C41H47F4N7O4/c1-5-26-20-51(21-27(6-2)52(26)40(54)46-15-14-42)37-33-36(48-39(49-37)56-23-41(12-13-41)22-50-16-10-25(43)11-17-50)34(45)35(47-38(33)55-4)30-19-28(53)18-24-8-9-31(44)29(7-3)32(24)30/h3,8-9,18-19,25-27,53H,5-6,10-17,20-23H2,1-2,4H3,(H,46,54). The summed E-state index contributed by atoms with van der Waals surface area (Å²) in [6.07, 6.45) is 8.90. The monoisotopic (exact) mass is 777 g/mol. The second-order valence-corrected chi connectivity index (χ2v) is 15.1. The fourth-order valence-electron chi connectivity index (χ4n) is 8.21. The molecule has 298 valence electrons. The van der Waals surface area contributed by atoms with E-state index in [1.807, 2.05) is 18.7 Å². The highest BCUT2D eigenvalue weighted by molar-refractivity contribution is 6.04. The summed E-state index contributed by atoms with van der Waals surface area (Å²) in [4.78, 5) is 33.3. The number of methoxy groups -OCH3 is 1. The second kappa shape index (κ2) is 16.2. The van der Waals surface area contributed by atoms with Gasteiger partial charge in [0.25, 0.3) is 0 Å². The molecule has 2 N–H and O–H groups in total. The molecule has 2 unspecified atom stereocenters. The Hall–Kier alpha value is -5.10. The van der Waals surface area contributed by atoms with Gasteiger partial charge in [-0.25, -0.2) is 27.3 Å². The Balaban J connectivity index is 1.36. The van der Waals surface area contributed by atoms with E-state index < -0.39 is 24.5 Å². The molecule has 2 aromatic carbocycles. The third-order valence-corrected chi connectivity index (χ3v) is 11.4. The molecule has 0 bridgehead atoms. The number of anilines is 1. The third-order valence-electron chi connectivity index (χ3n) is 11.4. The normalized spacial score (nSPS) is 20.0. The zero-order valence-electron chi connectivity index (χ0n) is 31.9. The third kappa shape index (κ3) is 7.55. The number of hydrogen-bond acceptors (Lipinski definition) is 9. The number of phenolic OH excluding ortho intramolecular Hbond substituents is 1. The van der Waals surface area contributed by atoms with Crippen LogP contribution < -0.4 is 19.7 Å². The van der Waals surface area contributed by atoms with Crippen molar-refractivity contribution in [1.82, 2.24) is 30.1 Å². The molecule has 2 atom stereocenters. The molecule has 2 aromatic heterocycles. The van der Waals surface area contributed by atoms with Gasteiger partial charge in [0, 0.05) is 55.6 Å². The predicted molar refractivity (Wildman–Crippen MR) is 206 cm³/mol. The Morgan fingerprint density at radius 1 is 1.07 bits per heavy atom. The van der Waals surface area contributed by atoms with E-state index in [1.165, 1.54) is 31.4 Å². The van der Waals surface area contributed by atoms with Gasteiger partial charge in [-0.15, -0.1) is 6.42 Å². The van der Waals surface area contributed by atoms with Crippen molar-refractivity contribution in [2.75, 3.05) is 64.6 Å². The molecule has 2 saturated heterocycles. The number of terminal acetylenes is 1. The topological polar surface area (TPSA) is 116 Å². The maximum atomic E-state index is 17.4. The summed E-state index contributed by atoms with van der Waals surface area (Å²) in [7, 11) is 1.38. The van der Waals surface area contributed by atoms with Gasteiger partial charge in [0.15, 0.2) is 5.82 Å². The number of aromatic nitrogens is 3. The maximum Gasteiger partial charge on any atom is 0.319 e. The molecule has 0 spiro atoms. The van der Waals surface area contributed by atoms with E-state index in [0.29, 0.717) is 57.2 Å². The smallest absolute Gasteiger partial charge is 0.319 e. The Morgan fingerprint density at radius 2 is 1.79 bits per heavy atom. The minimum absolute atomic E-state index is 0.0340. The lowest BCUT2D eigenvalue weighted by Crippen LogP contribution is -2.62. The van der Waals surface area contributed by atoms with E-state index in [2.05, 4.69) is 26.1 Å². The quantitative estimate of drug-likeness (QED) is 0.119. The lowest BCUT2D eigenvalue weighted by Gasteiger charge is -2.47. The summed E-state index contributed by atoms with van der Waals surface area (Å²) in [6, 6.07) is 4.22. The van der Waals surface area contributed by atoms with E-state index >= 15 is 8.78 Å². The van der Waals surface area contributed by atoms with Crippen molar-refractivity contribution in [2.24, 2.45) is 5.41 Å². The van der Waals surface area contributed by atoms with Crippen LogP contribution in [0.3, 0.4) is 0 Å². The predicted octanol–water partition coefficient (Wildman–Crippen LogP) is 6.77. The second-order valence-electron chi connectivity index (χ2n) is 15.1. The summed E-state index contributed by atoms with van der Waals surface area (Å²) in [5.74, 6) is 0.798. The SMILES string of the molecule is C#Cc1c(F)ccc2cc(O)cc(-c3nc(OC)c4c(N5CC(CC)N(C(=O)NCCF)C(CC)C5)nc(OCC5(CN6CCC(F)CC6)CC5)nc4c3F)c12. The first-order valence-electron chi connectivity index (χ1n) is 19.3. The van der Waals surface area contributed by atoms with Crippen molar-refractivity contribution >= 4 is 33.5 Å². The largest absolute Gasteiger partial charge is 0.508 e. The molecule has 4 heterocycles. The van der Waals surface area contributed by atoms with Gasteiger partial charge in [-0.1, -0.05) is 25.8 Å². The minimum atomic E-state index is -0.896. The van der Waals surface area contributed by atoms with E-state index in [-0.39, 0.29) is 93.2 Å². The summed E-state index contributed by atoms with van der Waals surface area (Å²) >= 11 is 0. The molecule has 3 aliphatic rings. The number of fused-ring (bicyclic) bond motifs is 2. The number of benzene rings is 2. The van der Waals surface area contributed by atoms with Crippen LogP contribution in [0.25, 0.3) is 32.9 Å². The van der Waals surface area contributed by atoms with Crippen molar-refractivity contribution in [2.45, 2.75) is 70.6 Å². The van der Waals surface area contributed by atoms with Crippen LogP contribution in [0.5, 0.6) is 17.6 Å². The fraction of sp³-hybridized carbons (Fsp3) is 0.512. The van der Waals surface area contributed by atoms with Crippen LogP contribution in [-0.2, 0) is 0 Å². The van der Waals surface area contributed by atoms with Crippen LogP contribution in [0.1, 0.15) is 57.9 Å². The van der Waals surface area contributed by atoms with E-state index in [0.717, 1.165) is 19.4 Å². The van der Waals surface area contributed by atoms with Gasteiger partial charge in [-0.05, 0) is 62.1 Å². The highest BCUT2D eigenvalue weighted by Gasteiger charge is 2.46. The molecule has 1 aliphatic carbocycles. The molecule has 3 fully saturated rings. The van der Waals surface area contributed by atoms with Crippen LogP contribution in [-0.4, -0.2) is 114 Å². The summed E-state index contributed by atoms with van der Waals surface area (Å²) in [6.45, 7) is 6.03. The van der Waals surface area contributed by atoms with Crippen molar-refractivity contribution in [3.8, 4) is 41.2 Å². The molecule has 11 nitrogen and oxygen atoms in total. The van der Waals surface area contributed by atoms with Crippen molar-refractivity contribution < 1.29 is 36.9 Å². The molecular formula is C41H47F4N7O4. The van der Waals surface area contributed by atoms with Crippen LogP contribution in [0.4, 0.5) is 28.2 Å². The zero-order chi connectivity index (χ0) is 39.7. The molecule has 2 amide bonds. The number of nitrogens with one attached hydrogen (secondary N) is 1. The van der Waals surface area contributed by atoms with Gasteiger partial charge >= 0.3 is 12.0 Å². The number of alkyl halides is 2. The minimum Gasteiger partial charge on any atom is -0.508 e. The number of likely N-dealkylation sites (tertiary alicyclic amines) is 1. The van der Waals surface area contributed by atoms with Gasteiger partial charge in [0.2, 0.25) is 5.88 Å². The molecule has 1 saturated carbocycles. The number of halogens is 4. The average Bonchev–Trinajstić information content (AvgIpc) is 3.98. The summed E-state index contributed by atoms with van der Waals surface area (Å²) in [5, 5.41) is 14.1. The first kappa shape index (κ1) is 39.1.